The van der Waals surface area contributed by atoms with Crippen molar-refractivity contribution in [2.45, 2.75) is 0 Å². The number of hydrogen-bond donors (Lipinski definition) is 0. The van der Waals surface area contributed by atoms with Gasteiger partial charge in [-0.15, -0.1) is 34.0 Å². The first kappa shape index (κ1) is 82.1. The third-order valence-corrected chi connectivity index (χ3v) is 30.1. The summed E-state index contributed by atoms with van der Waals surface area (Å²) in [4.78, 5) is 48.5. The Morgan fingerprint density at radius 3 is 0.669 bits per heavy atom. The number of rotatable bonds is 12. The second-order valence-electron chi connectivity index (χ2n) is 34.7. The van der Waals surface area contributed by atoms with Crippen LogP contribution in [0.5, 0.6) is 0 Å². The zero-order chi connectivity index (χ0) is 91.8. The van der Waals surface area contributed by atoms with Crippen LogP contribution in [0, 0.1) is 0 Å². The van der Waals surface area contributed by atoms with E-state index >= 15 is 0 Å². The van der Waals surface area contributed by atoms with Gasteiger partial charge < -0.3 is 0 Å². The average molecular weight is 1830 g/mol. The summed E-state index contributed by atoms with van der Waals surface area (Å²) in [6, 6.07) is 164. The molecule has 6 aromatic heterocycles. The number of fused-ring (bicyclic) bond motifs is 16. The first-order chi connectivity index (χ1) is 68.9. The van der Waals surface area contributed by atoms with Crippen molar-refractivity contribution in [1.29, 1.82) is 0 Å². The Kier molecular flexibility index (Phi) is 20.7. The molecule has 139 heavy (non-hydrogen) atoms. The van der Waals surface area contributed by atoms with Crippen LogP contribution in [-0.2, 0) is 0 Å². The Bertz CT molecular complexity index is 8950. The van der Waals surface area contributed by atoms with Gasteiger partial charge in [0, 0.05) is 117 Å². The van der Waals surface area contributed by atoms with Crippen LogP contribution in [0.25, 0.3) is 275 Å². The highest BCUT2D eigenvalue weighted by Gasteiger charge is 2.32. The standard InChI is InChI=1S/C45H27N3S.2C41H25N3S/c1-3-14-28(15-4-1)43-46-44(29-16-5-2-6-17-29)48-45(47-43)38-27-26-37(33-21-9-10-22-34(33)38)42-41-36-23-12-11-20-32(36)30-18-7-8-19-31(30)35-24-13-25-39(49-42)40(35)41;1-3-13-26(14-4-1)39-42-40(27-15-5-2-6-16-27)44-41(43-39)29-18-11-17-28(25-29)38-37-34-22-10-9-21-32(34)30-19-7-8-20-31(30)33-23-12-24-35(45-38)36(33)37;1-3-12-27(13-4-1)39-42-40(28-14-5-2-6-15-28)44-41(43-39)29-24-22-26(23-25-29)38-37-34-19-10-9-18-32(34)30-16-7-8-17-31(30)33-20-11-21-35(45-38)36(33)37/h1-27H;2*1-25H. The van der Waals surface area contributed by atoms with Crippen LogP contribution in [0.3, 0.4) is 0 Å². The van der Waals surface area contributed by atoms with Crippen LogP contribution in [0.4, 0.5) is 0 Å². The highest BCUT2D eigenvalue weighted by molar-refractivity contribution is 7.24. The molecule has 0 bridgehead atoms. The van der Waals surface area contributed by atoms with Gasteiger partial charge in [0.2, 0.25) is 0 Å². The zero-order valence-electron chi connectivity index (χ0n) is 74.7. The summed E-state index contributed by atoms with van der Waals surface area (Å²) in [6.07, 6.45) is 0. The highest BCUT2D eigenvalue weighted by atomic mass is 32.1. The minimum absolute atomic E-state index is 0.657. The fourth-order valence-corrected chi connectivity index (χ4v) is 24.0. The molecule has 0 saturated heterocycles. The van der Waals surface area contributed by atoms with Gasteiger partial charge in [-0.2, -0.15) is 0 Å². The Labute approximate surface area is 814 Å². The van der Waals surface area contributed by atoms with E-state index in [1.165, 1.54) is 162 Å². The quantitative estimate of drug-likeness (QED) is 0.118. The van der Waals surface area contributed by atoms with Crippen molar-refractivity contribution in [3.05, 3.63) is 467 Å². The lowest BCUT2D eigenvalue weighted by Gasteiger charge is -2.14. The molecule has 6 heterocycles. The van der Waals surface area contributed by atoms with Crippen LogP contribution >= 0.6 is 34.0 Å². The van der Waals surface area contributed by atoms with E-state index in [2.05, 4.69) is 309 Å². The van der Waals surface area contributed by atoms with Gasteiger partial charge in [-0.25, -0.2) is 44.9 Å². The molecule has 0 atom stereocenters. The summed E-state index contributed by atoms with van der Waals surface area (Å²) >= 11 is 5.60. The molecule has 0 radical (unpaired) electrons. The normalized spacial score (nSPS) is 11.6. The molecule has 28 rings (SSSR count). The van der Waals surface area contributed by atoms with E-state index in [9.17, 15) is 0 Å². The third-order valence-electron chi connectivity index (χ3n) is 26.6. The van der Waals surface area contributed by atoms with E-state index in [1.54, 1.807) is 0 Å². The summed E-state index contributed by atoms with van der Waals surface area (Å²) < 4.78 is 3.87. The Morgan fingerprint density at radius 1 is 0.122 bits per heavy atom. The summed E-state index contributed by atoms with van der Waals surface area (Å²) in [5.74, 6) is 5.95. The summed E-state index contributed by atoms with van der Waals surface area (Å²) in [5, 5.41) is 6.26. The molecule has 3 aliphatic rings. The molecule has 0 amide bonds. The van der Waals surface area contributed by atoms with Gasteiger partial charge in [0.25, 0.3) is 0 Å². The van der Waals surface area contributed by atoms with Gasteiger partial charge in [0.15, 0.2) is 52.4 Å². The largest absolute Gasteiger partial charge is 0.208 e. The van der Waals surface area contributed by atoms with Gasteiger partial charge in [-0.3, -0.25) is 0 Å². The SMILES string of the molecule is c1ccc(-c2nc(-c3ccccc3)nc(-c3ccc(-c4sc5cccc6c5c4-c4ccccc4-c4ccccc4-6)c4ccccc34)n2)cc1.c1ccc(-c2nc(-c3ccccc3)nc(-c3ccc(-c4sc5cccc6c5c4-c4ccccc4-c4ccccc4-6)cc3)n2)cc1.c1ccc(-c2nc(-c3ccccc3)nc(-c3cccc(-c4sc5cccc6c5c4-c4ccccc4-c4ccccc4-6)c3)n2)cc1. The predicted octanol–water partition coefficient (Wildman–Crippen LogP) is 34.4. The number of nitrogens with zero attached hydrogens (tertiary/aromatic N) is 9. The maximum Gasteiger partial charge on any atom is 0.164 e. The lowest BCUT2D eigenvalue weighted by Crippen LogP contribution is -2.00. The molecule has 0 N–H and O–H groups in total. The van der Waals surface area contributed by atoms with Crippen LogP contribution in [-0.4, -0.2) is 44.9 Å². The number of benzene rings is 19. The van der Waals surface area contributed by atoms with Crippen molar-refractivity contribution in [2.75, 3.05) is 0 Å². The van der Waals surface area contributed by atoms with Crippen LogP contribution in [0.2, 0.25) is 0 Å². The predicted molar refractivity (Wildman–Crippen MR) is 578 cm³/mol. The Hall–Kier alpha value is -17.7. The molecule has 0 saturated carbocycles. The van der Waals surface area contributed by atoms with E-state index in [0.717, 1.165) is 61.0 Å². The topological polar surface area (TPSA) is 116 Å². The van der Waals surface area contributed by atoms with Crippen molar-refractivity contribution in [1.82, 2.24) is 44.9 Å². The molecule has 0 aliphatic heterocycles. The van der Waals surface area contributed by atoms with Crippen molar-refractivity contribution in [3.8, 4) is 234 Å². The van der Waals surface area contributed by atoms with E-state index in [4.69, 9.17) is 44.9 Å². The summed E-state index contributed by atoms with van der Waals surface area (Å²) in [5.41, 5.74) is 35.3. The summed E-state index contributed by atoms with van der Waals surface area (Å²) in [6.45, 7) is 0. The minimum Gasteiger partial charge on any atom is -0.208 e. The lowest BCUT2D eigenvalue weighted by molar-refractivity contribution is 1.07. The van der Waals surface area contributed by atoms with E-state index in [1.807, 2.05) is 192 Å². The van der Waals surface area contributed by atoms with E-state index < -0.39 is 0 Å². The average Bonchev–Trinajstić information content (AvgIpc) is 1.57. The van der Waals surface area contributed by atoms with Gasteiger partial charge in [-0.05, 0) is 136 Å². The monoisotopic (exact) mass is 1820 g/mol. The molecule has 0 unspecified atom stereocenters. The smallest absolute Gasteiger partial charge is 0.164 e. The second kappa shape index (κ2) is 35.0. The first-order valence-corrected chi connectivity index (χ1v) is 49.0. The fraction of sp³-hybridized carbons (Fsp3) is 0. The first-order valence-electron chi connectivity index (χ1n) is 46.5. The molecule has 9 nitrogen and oxygen atoms in total. The van der Waals surface area contributed by atoms with Gasteiger partial charge in [-0.1, -0.05) is 437 Å². The number of aromatic nitrogens is 9. The molecular weight excluding hydrogens is 1750 g/mol. The van der Waals surface area contributed by atoms with Crippen LogP contribution in [0.15, 0.2) is 467 Å². The Balaban J connectivity index is 0.000000108. The van der Waals surface area contributed by atoms with E-state index in [-0.39, 0.29) is 0 Å². The molecule has 12 heteroatoms. The van der Waals surface area contributed by atoms with Crippen LogP contribution < -0.4 is 0 Å². The highest BCUT2D eigenvalue weighted by Crippen LogP contribution is 2.59. The minimum atomic E-state index is 0.657. The van der Waals surface area contributed by atoms with Gasteiger partial charge in [0.1, 0.15) is 0 Å². The Morgan fingerprint density at radius 2 is 0.331 bits per heavy atom. The van der Waals surface area contributed by atoms with Crippen molar-refractivity contribution in [2.24, 2.45) is 0 Å². The number of hydrogen-bond acceptors (Lipinski definition) is 12. The molecule has 0 spiro atoms. The summed E-state index contributed by atoms with van der Waals surface area (Å²) in [7, 11) is 0. The molecule has 0 fully saturated rings. The molecule has 19 aromatic carbocycles. The van der Waals surface area contributed by atoms with Crippen molar-refractivity contribution >= 4 is 75.0 Å². The fourth-order valence-electron chi connectivity index (χ4n) is 20.2. The van der Waals surface area contributed by atoms with Gasteiger partial charge in [0.05, 0.1) is 0 Å². The second-order valence-corrected chi connectivity index (χ2v) is 37.9. The molecule has 648 valence electrons. The van der Waals surface area contributed by atoms with Crippen molar-refractivity contribution < 1.29 is 0 Å². The maximum atomic E-state index is 5.09. The van der Waals surface area contributed by atoms with Crippen LogP contribution in [0.1, 0.15) is 0 Å². The zero-order valence-corrected chi connectivity index (χ0v) is 77.2. The van der Waals surface area contributed by atoms with Gasteiger partial charge >= 0.3 is 0 Å². The molecular formula is C127H77N9S3. The maximum absolute atomic E-state index is 5.09. The number of thiophene rings is 3. The third kappa shape index (κ3) is 14.7. The lowest BCUT2D eigenvalue weighted by atomic mass is 9.91. The molecule has 25 aromatic rings. The molecule has 3 aliphatic carbocycles. The van der Waals surface area contributed by atoms with Crippen molar-refractivity contribution in [3.63, 3.8) is 0 Å². The van der Waals surface area contributed by atoms with E-state index in [0.29, 0.717) is 52.4 Å².